The molecule has 1 N–H and O–H groups in total. The van der Waals surface area contributed by atoms with E-state index in [0.717, 1.165) is 36.7 Å². The summed E-state index contributed by atoms with van der Waals surface area (Å²) in [6, 6.07) is 5.76. The van der Waals surface area contributed by atoms with E-state index in [-0.39, 0.29) is 12.7 Å². The van der Waals surface area contributed by atoms with Gasteiger partial charge in [-0.2, -0.15) is 0 Å². The first-order valence-electron chi connectivity index (χ1n) is 7.19. The average molecular weight is 276 g/mol. The fourth-order valence-corrected chi connectivity index (χ4v) is 2.61. The van der Waals surface area contributed by atoms with Crippen molar-refractivity contribution in [1.82, 2.24) is 10.2 Å². The van der Waals surface area contributed by atoms with Crippen LogP contribution >= 0.6 is 0 Å². The van der Waals surface area contributed by atoms with Gasteiger partial charge in [-0.05, 0) is 43.6 Å². The van der Waals surface area contributed by atoms with Gasteiger partial charge in [-0.1, -0.05) is 6.07 Å². The Labute approximate surface area is 118 Å². The Morgan fingerprint density at radius 1 is 1.20 bits per heavy atom. The summed E-state index contributed by atoms with van der Waals surface area (Å²) in [4.78, 5) is 14.2. The largest absolute Gasteiger partial charge is 0.454 e. The number of benzene rings is 1. The number of nitrogens with one attached hydrogen (secondary N) is 1. The molecule has 2 aliphatic heterocycles. The van der Waals surface area contributed by atoms with Crippen LogP contribution in [0.3, 0.4) is 0 Å². The Kier molecular flexibility index (Phi) is 4.06. The van der Waals surface area contributed by atoms with Crippen molar-refractivity contribution in [3.8, 4) is 11.5 Å². The maximum Gasteiger partial charge on any atom is 0.231 e. The van der Waals surface area contributed by atoms with E-state index >= 15 is 0 Å². The quantitative estimate of drug-likeness (QED) is 0.886. The molecule has 0 radical (unpaired) electrons. The maximum absolute atomic E-state index is 11.8. The first-order valence-corrected chi connectivity index (χ1v) is 7.19. The molecule has 108 valence electrons. The molecule has 20 heavy (non-hydrogen) atoms. The molecular formula is C15H20N2O3. The third-order valence-electron chi connectivity index (χ3n) is 3.78. The molecule has 5 heteroatoms. The zero-order valence-electron chi connectivity index (χ0n) is 11.6. The van der Waals surface area contributed by atoms with Crippen LogP contribution in [0.2, 0.25) is 0 Å². The van der Waals surface area contributed by atoms with Gasteiger partial charge in [0, 0.05) is 19.5 Å². The Bertz CT molecular complexity index is 484. The van der Waals surface area contributed by atoms with Crippen molar-refractivity contribution in [3.63, 3.8) is 0 Å². The van der Waals surface area contributed by atoms with Crippen LogP contribution < -0.4 is 14.8 Å². The number of amides is 1. The first kappa shape index (κ1) is 13.2. The standard InChI is InChI=1S/C15H20N2O3/c18-15(5-8-17-6-1-2-7-17)16-10-12-3-4-13-14(9-12)20-11-19-13/h3-4,9H,1-2,5-8,10-11H2,(H,16,18). The predicted molar refractivity (Wildman–Crippen MR) is 74.7 cm³/mol. The minimum atomic E-state index is 0.106. The summed E-state index contributed by atoms with van der Waals surface area (Å²) >= 11 is 0. The smallest absolute Gasteiger partial charge is 0.231 e. The molecule has 1 saturated heterocycles. The summed E-state index contributed by atoms with van der Waals surface area (Å²) in [5, 5.41) is 2.95. The molecule has 0 spiro atoms. The lowest BCUT2D eigenvalue weighted by molar-refractivity contribution is -0.121. The summed E-state index contributed by atoms with van der Waals surface area (Å²) in [6.45, 7) is 3.95. The Morgan fingerprint density at radius 2 is 2.00 bits per heavy atom. The summed E-state index contributed by atoms with van der Waals surface area (Å²) in [7, 11) is 0. The van der Waals surface area contributed by atoms with Crippen molar-refractivity contribution < 1.29 is 14.3 Å². The number of carbonyl (C=O) groups is 1. The number of hydrogen-bond donors (Lipinski definition) is 1. The van der Waals surface area contributed by atoms with Crippen LogP contribution in [0, 0.1) is 0 Å². The predicted octanol–water partition coefficient (Wildman–Crippen LogP) is 1.52. The molecule has 1 amide bonds. The summed E-state index contributed by atoms with van der Waals surface area (Å²) in [5.74, 6) is 1.64. The number of nitrogens with zero attached hydrogens (tertiary/aromatic N) is 1. The fraction of sp³-hybridized carbons (Fsp3) is 0.533. The van der Waals surface area contributed by atoms with Gasteiger partial charge in [0.05, 0.1) is 0 Å². The van der Waals surface area contributed by atoms with E-state index in [1.54, 1.807) is 0 Å². The molecule has 1 aromatic carbocycles. The Morgan fingerprint density at radius 3 is 2.85 bits per heavy atom. The van der Waals surface area contributed by atoms with Crippen LogP contribution in [0.4, 0.5) is 0 Å². The molecule has 0 aliphatic carbocycles. The monoisotopic (exact) mass is 276 g/mol. The van der Waals surface area contributed by atoms with Gasteiger partial charge < -0.3 is 19.7 Å². The summed E-state index contributed by atoms with van der Waals surface area (Å²) in [6.07, 6.45) is 3.10. The topological polar surface area (TPSA) is 50.8 Å². The van der Waals surface area contributed by atoms with Crippen molar-refractivity contribution in [1.29, 1.82) is 0 Å². The highest BCUT2D eigenvalue weighted by molar-refractivity contribution is 5.76. The van der Waals surface area contributed by atoms with Crippen molar-refractivity contribution in [3.05, 3.63) is 23.8 Å². The SMILES string of the molecule is O=C(CCN1CCCC1)NCc1ccc2c(c1)OCO2. The number of carbonyl (C=O) groups excluding carboxylic acids is 1. The highest BCUT2D eigenvalue weighted by Crippen LogP contribution is 2.32. The number of likely N-dealkylation sites (tertiary alicyclic amines) is 1. The second-order valence-electron chi connectivity index (χ2n) is 5.26. The fourth-order valence-electron chi connectivity index (χ4n) is 2.61. The maximum atomic E-state index is 11.8. The molecule has 1 fully saturated rings. The van der Waals surface area contributed by atoms with E-state index in [1.165, 1.54) is 12.8 Å². The molecule has 0 unspecified atom stereocenters. The van der Waals surface area contributed by atoms with E-state index in [1.807, 2.05) is 18.2 Å². The third kappa shape index (κ3) is 3.22. The molecule has 0 atom stereocenters. The Balaban J connectivity index is 1.43. The van der Waals surface area contributed by atoms with Crippen molar-refractivity contribution >= 4 is 5.91 Å². The van der Waals surface area contributed by atoms with Crippen molar-refractivity contribution in [2.75, 3.05) is 26.4 Å². The molecule has 2 aliphatic rings. The molecule has 1 aromatic rings. The lowest BCUT2D eigenvalue weighted by atomic mass is 10.2. The van der Waals surface area contributed by atoms with Gasteiger partial charge in [0.15, 0.2) is 11.5 Å². The van der Waals surface area contributed by atoms with Gasteiger partial charge in [-0.25, -0.2) is 0 Å². The molecule has 0 aromatic heterocycles. The lowest BCUT2D eigenvalue weighted by Crippen LogP contribution is -2.29. The van der Waals surface area contributed by atoms with Gasteiger partial charge in [0.2, 0.25) is 12.7 Å². The molecular weight excluding hydrogens is 256 g/mol. The summed E-state index contributed by atoms with van der Waals surface area (Å²) in [5.41, 5.74) is 1.03. The van der Waals surface area contributed by atoms with E-state index < -0.39 is 0 Å². The zero-order valence-corrected chi connectivity index (χ0v) is 11.6. The minimum Gasteiger partial charge on any atom is -0.454 e. The second-order valence-corrected chi connectivity index (χ2v) is 5.26. The van der Waals surface area contributed by atoms with E-state index in [2.05, 4.69) is 10.2 Å². The Hall–Kier alpha value is -1.75. The third-order valence-corrected chi connectivity index (χ3v) is 3.78. The van der Waals surface area contributed by atoms with Crippen LogP contribution in [-0.4, -0.2) is 37.2 Å². The van der Waals surface area contributed by atoms with Gasteiger partial charge in [0.1, 0.15) is 0 Å². The highest BCUT2D eigenvalue weighted by Gasteiger charge is 2.14. The van der Waals surface area contributed by atoms with E-state index in [9.17, 15) is 4.79 Å². The van der Waals surface area contributed by atoms with Crippen LogP contribution in [0.15, 0.2) is 18.2 Å². The summed E-state index contributed by atoms with van der Waals surface area (Å²) < 4.78 is 10.6. The number of fused-ring (bicyclic) bond motifs is 1. The molecule has 0 saturated carbocycles. The van der Waals surface area contributed by atoms with Gasteiger partial charge in [0.25, 0.3) is 0 Å². The zero-order chi connectivity index (χ0) is 13.8. The van der Waals surface area contributed by atoms with Crippen LogP contribution in [-0.2, 0) is 11.3 Å². The lowest BCUT2D eigenvalue weighted by Gasteiger charge is -2.14. The van der Waals surface area contributed by atoms with Gasteiger partial charge in [-0.3, -0.25) is 4.79 Å². The average Bonchev–Trinajstić information content (AvgIpc) is 3.13. The van der Waals surface area contributed by atoms with Gasteiger partial charge in [-0.15, -0.1) is 0 Å². The second kappa shape index (κ2) is 6.13. The van der Waals surface area contributed by atoms with E-state index in [0.29, 0.717) is 13.0 Å². The van der Waals surface area contributed by atoms with E-state index in [4.69, 9.17) is 9.47 Å². The van der Waals surface area contributed by atoms with Gasteiger partial charge >= 0.3 is 0 Å². The molecule has 0 bridgehead atoms. The van der Waals surface area contributed by atoms with Crippen LogP contribution in [0.5, 0.6) is 11.5 Å². The van der Waals surface area contributed by atoms with Crippen molar-refractivity contribution in [2.45, 2.75) is 25.8 Å². The molecule has 3 rings (SSSR count). The molecule has 2 heterocycles. The first-order chi connectivity index (χ1) is 9.81. The number of rotatable bonds is 5. The number of hydrogen-bond acceptors (Lipinski definition) is 4. The van der Waals surface area contributed by atoms with Crippen LogP contribution in [0.25, 0.3) is 0 Å². The number of ether oxygens (including phenoxy) is 2. The highest BCUT2D eigenvalue weighted by atomic mass is 16.7. The minimum absolute atomic E-state index is 0.106. The van der Waals surface area contributed by atoms with Crippen LogP contribution in [0.1, 0.15) is 24.8 Å². The van der Waals surface area contributed by atoms with Crippen molar-refractivity contribution in [2.24, 2.45) is 0 Å². The molecule has 5 nitrogen and oxygen atoms in total. The normalized spacial score (nSPS) is 17.4.